The molecule has 1 aliphatic heterocycles. The first-order valence-electron chi connectivity index (χ1n) is 4.40. The van der Waals surface area contributed by atoms with Crippen LogP contribution in [-0.2, 0) is 4.79 Å². The average Bonchev–Trinajstić information content (AvgIpc) is 2.09. The van der Waals surface area contributed by atoms with Gasteiger partial charge in [-0.1, -0.05) is 6.58 Å². The predicted molar refractivity (Wildman–Crippen MR) is 48.8 cm³/mol. The van der Waals surface area contributed by atoms with E-state index in [1.165, 1.54) is 6.08 Å². The molecule has 3 heteroatoms. The van der Waals surface area contributed by atoms with E-state index in [0.29, 0.717) is 6.04 Å². The zero-order valence-electron chi connectivity index (χ0n) is 7.47. The van der Waals surface area contributed by atoms with Gasteiger partial charge in [-0.05, 0) is 32.4 Å². The molecule has 0 radical (unpaired) electrons. The Morgan fingerprint density at radius 3 is 3.08 bits per heavy atom. The maximum absolute atomic E-state index is 11.0. The largest absolute Gasteiger partial charge is 0.348 e. The van der Waals surface area contributed by atoms with E-state index in [1.54, 1.807) is 0 Å². The number of rotatable bonds is 2. The lowest BCUT2D eigenvalue weighted by atomic mass is 10.00. The standard InChI is InChI=1S/C9H16N2O/c1-3-9(12)11-8-5-4-6-10-7(8)2/h3,7-8,10H,1,4-6H2,2H3,(H,11,12)/t7-,8-/m0/s1. The van der Waals surface area contributed by atoms with Gasteiger partial charge in [0, 0.05) is 12.1 Å². The molecule has 12 heavy (non-hydrogen) atoms. The van der Waals surface area contributed by atoms with Gasteiger partial charge in [0.1, 0.15) is 0 Å². The van der Waals surface area contributed by atoms with E-state index in [9.17, 15) is 4.79 Å². The van der Waals surface area contributed by atoms with Crippen LogP contribution in [0.1, 0.15) is 19.8 Å². The summed E-state index contributed by atoms with van der Waals surface area (Å²) in [6, 6.07) is 0.645. The smallest absolute Gasteiger partial charge is 0.243 e. The average molecular weight is 168 g/mol. The van der Waals surface area contributed by atoms with E-state index in [4.69, 9.17) is 0 Å². The molecule has 1 amide bonds. The van der Waals surface area contributed by atoms with Crippen molar-refractivity contribution < 1.29 is 4.79 Å². The fourth-order valence-corrected chi connectivity index (χ4v) is 1.48. The minimum Gasteiger partial charge on any atom is -0.348 e. The molecule has 1 heterocycles. The molecule has 2 atom stereocenters. The molecule has 0 aromatic rings. The Morgan fingerprint density at radius 1 is 1.75 bits per heavy atom. The van der Waals surface area contributed by atoms with Gasteiger partial charge in [-0.2, -0.15) is 0 Å². The number of carbonyl (C=O) groups excluding carboxylic acids is 1. The number of hydrogen-bond acceptors (Lipinski definition) is 2. The Balaban J connectivity index is 2.38. The lowest BCUT2D eigenvalue weighted by Gasteiger charge is -2.30. The Morgan fingerprint density at radius 2 is 2.50 bits per heavy atom. The number of piperidine rings is 1. The third kappa shape index (κ3) is 2.34. The van der Waals surface area contributed by atoms with E-state index in [1.807, 2.05) is 0 Å². The number of carbonyl (C=O) groups is 1. The number of nitrogens with one attached hydrogen (secondary N) is 2. The van der Waals surface area contributed by atoms with Crippen LogP contribution >= 0.6 is 0 Å². The molecule has 0 aromatic carbocycles. The molecule has 1 saturated heterocycles. The van der Waals surface area contributed by atoms with Crippen molar-refractivity contribution in [3.63, 3.8) is 0 Å². The van der Waals surface area contributed by atoms with Gasteiger partial charge in [0.05, 0.1) is 0 Å². The summed E-state index contributed by atoms with van der Waals surface area (Å²) in [4.78, 5) is 11.0. The highest BCUT2D eigenvalue weighted by molar-refractivity contribution is 5.87. The molecule has 1 rings (SSSR count). The van der Waals surface area contributed by atoms with Crippen LogP contribution in [-0.4, -0.2) is 24.5 Å². The molecule has 0 aromatic heterocycles. The summed E-state index contributed by atoms with van der Waals surface area (Å²) >= 11 is 0. The number of amides is 1. The van der Waals surface area contributed by atoms with E-state index in [0.717, 1.165) is 19.4 Å². The van der Waals surface area contributed by atoms with Crippen LogP contribution in [0.5, 0.6) is 0 Å². The summed E-state index contributed by atoms with van der Waals surface area (Å²) in [6.07, 6.45) is 3.52. The zero-order chi connectivity index (χ0) is 8.97. The molecule has 0 saturated carbocycles. The molecular weight excluding hydrogens is 152 g/mol. The van der Waals surface area contributed by atoms with Crippen LogP contribution in [0.25, 0.3) is 0 Å². The minimum absolute atomic E-state index is 0.0736. The summed E-state index contributed by atoms with van der Waals surface area (Å²) in [6.45, 7) is 6.57. The monoisotopic (exact) mass is 168 g/mol. The maximum Gasteiger partial charge on any atom is 0.243 e. The summed E-state index contributed by atoms with van der Waals surface area (Å²) in [5.41, 5.74) is 0. The van der Waals surface area contributed by atoms with E-state index in [2.05, 4.69) is 24.1 Å². The molecule has 0 unspecified atom stereocenters. The van der Waals surface area contributed by atoms with Gasteiger partial charge in [-0.3, -0.25) is 4.79 Å². The van der Waals surface area contributed by atoms with E-state index < -0.39 is 0 Å². The SMILES string of the molecule is C=CC(=O)N[C@H]1CCCN[C@H]1C. The Labute approximate surface area is 73.2 Å². The van der Waals surface area contributed by atoms with Crippen molar-refractivity contribution in [3.05, 3.63) is 12.7 Å². The van der Waals surface area contributed by atoms with E-state index >= 15 is 0 Å². The summed E-state index contributed by atoms with van der Waals surface area (Å²) in [5, 5.41) is 6.21. The third-order valence-corrected chi connectivity index (χ3v) is 2.27. The van der Waals surface area contributed by atoms with Crippen molar-refractivity contribution in [2.75, 3.05) is 6.54 Å². The maximum atomic E-state index is 11.0. The van der Waals surface area contributed by atoms with Crippen LogP contribution in [0.15, 0.2) is 12.7 Å². The van der Waals surface area contributed by atoms with Crippen LogP contribution in [0.2, 0.25) is 0 Å². The first-order valence-corrected chi connectivity index (χ1v) is 4.40. The van der Waals surface area contributed by atoms with Gasteiger partial charge < -0.3 is 10.6 Å². The Hall–Kier alpha value is -0.830. The zero-order valence-corrected chi connectivity index (χ0v) is 7.47. The minimum atomic E-state index is -0.0736. The first kappa shape index (κ1) is 9.26. The summed E-state index contributed by atoms with van der Waals surface area (Å²) in [5.74, 6) is -0.0736. The van der Waals surface area contributed by atoms with Gasteiger partial charge in [0.2, 0.25) is 5.91 Å². The van der Waals surface area contributed by atoms with Crippen molar-refractivity contribution in [2.24, 2.45) is 0 Å². The highest BCUT2D eigenvalue weighted by Gasteiger charge is 2.20. The summed E-state index contributed by atoms with van der Waals surface area (Å²) in [7, 11) is 0. The molecule has 0 aliphatic carbocycles. The normalized spacial score (nSPS) is 29.4. The van der Waals surface area contributed by atoms with Crippen LogP contribution in [0, 0.1) is 0 Å². The highest BCUT2D eigenvalue weighted by atomic mass is 16.1. The van der Waals surface area contributed by atoms with E-state index in [-0.39, 0.29) is 11.9 Å². The van der Waals surface area contributed by atoms with Crippen molar-refractivity contribution >= 4 is 5.91 Å². The molecule has 2 N–H and O–H groups in total. The van der Waals surface area contributed by atoms with Crippen LogP contribution in [0.3, 0.4) is 0 Å². The van der Waals surface area contributed by atoms with Gasteiger partial charge >= 0.3 is 0 Å². The molecule has 3 nitrogen and oxygen atoms in total. The third-order valence-electron chi connectivity index (χ3n) is 2.27. The van der Waals surface area contributed by atoms with Crippen LogP contribution < -0.4 is 10.6 Å². The van der Waals surface area contributed by atoms with Gasteiger partial charge in [0.25, 0.3) is 0 Å². The van der Waals surface area contributed by atoms with Crippen molar-refractivity contribution in [3.8, 4) is 0 Å². The highest BCUT2D eigenvalue weighted by Crippen LogP contribution is 2.07. The molecular formula is C9H16N2O. The molecule has 0 bridgehead atoms. The quantitative estimate of drug-likeness (QED) is 0.587. The topological polar surface area (TPSA) is 41.1 Å². The fraction of sp³-hybridized carbons (Fsp3) is 0.667. The van der Waals surface area contributed by atoms with Gasteiger partial charge in [-0.25, -0.2) is 0 Å². The number of hydrogen-bond donors (Lipinski definition) is 2. The molecule has 1 aliphatic rings. The van der Waals surface area contributed by atoms with Gasteiger partial charge in [-0.15, -0.1) is 0 Å². The fourth-order valence-electron chi connectivity index (χ4n) is 1.48. The lowest BCUT2D eigenvalue weighted by molar-refractivity contribution is -0.117. The van der Waals surface area contributed by atoms with Crippen molar-refractivity contribution in [1.82, 2.24) is 10.6 Å². The predicted octanol–water partition coefficient (Wildman–Crippen LogP) is 0.429. The lowest BCUT2D eigenvalue weighted by Crippen LogP contribution is -2.51. The summed E-state index contributed by atoms with van der Waals surface area (Å²) < 4.78 is 0. The Bertz CT molecular complexity index is 179. The van der Waals surface area contributed by atoms with Crippen molar-refractivity contribution in [2.45, 2.75) is 31.8 Å². The molecule has 68 valence electrons. The first-order chi connectivity index (χ1) is 5.74. The second kappa shape index (κ2) is 4.26. The van der Waals surface area contributed by atoms with Crippen molar-refractivity contribution in [1.29, 1.82) is 0 Å². The Kier molecular flexibility index (Phi) is 3.29. The van der Waals surface area contributed by atoms with Crippen LogP contribution in [0.4, 0.5) is 0 Å². The molecule has 1 fully saturated rings. The second-order valence-corrected chi connectivity index (χ2v) is 3.20. The molecule has 0 spiro atoms. The van der Waals surface area contributed by atoms with Gasteiger partial charge in [0.15, 0.2) is 0 Å². The second-order valence-electron chi connectivity index (χ2n) is 3.20.